The maximum Gasteiger partial charge on any atom is 0.333 e. The molecule has 0 heterocycles. The van der Waals surface area contributed by atoms with Crippen molar-refractivity contribution in [3.63, 3.8) is 0 Å². The molecule has 1 atom stereocenters. The van der Waals surface area contributed by atoms with Crippen molar-refractivity contribution >= 4 is 11.9 Å². The Labute approximate surface area is 111 Å². The number of hydrogen-bond acceptors (Lipinski definition) is 3. The van der Waals surface area contributed by atoms with E-state index in [1.807, 2.05) is 0 Å². The van der Waals surface area contributed by atoms with Crippen molar-refractivity contribution < 1.29 is 23.1 Å². The summed E-state index contributed by atoms with van der Waals surface area (Å²) in [5, 5.41) is 2.40. The summed E-state index contributed by atoms with van der Waals surface area (Å²) in [5.41, 5.74) is -1.50. The number of carbonyl (C=O) groups excluding carboxylic acids is 2. The Morgan fingerprint density at radius 1 is 1.53 bits per heavy atom. The van der Waals surface area contributed by atoms with E-state index in [0.717, 1.165) is 6.08 Å². The molecular weight excluding hydrogens is 256 g/mol. The average molecular weight is 273 g/mol. The molecule has 4 nitrogen and oxygen atoms in total. The molecule has 0 rings (SSSR count). The summed E-state index contributed by atoms with van der Waals surface area (Å²) in [6.45, 7) is 2.91. The van der Waals surface area contributed by atoms with Gasteiger partial charge in [0.1, 0.15) is 0 Å². The van der Waals surface area contributed by atoms with Gasteiger partial charge in [0.15, 0.2) is 5.54 Å². The second-order valence-electron chi connectivity index (χ2n) is 3.83. The van der Waals surface area contributed by atoms with Crippen molar-refractivity contribution in [3.8, 4) is 12.3 Å². The van der Waals surface area contributed by atoms with Gasteiger partial charge in [-0.3, -0.25) is 4.79 Å². The lowest BCUT2D eigenvalue weighted by molar-refractivity contribution is -0.152. The van der Waals surface area contributed by atoms with E-state index in [4.69, 9.17) is 11.2 Å². The van der Waals surface area contributed by atoms with Crippen LogP contribution < -0.4 is 5.32 Å². The van der Waals surface area contributed by atoms with Gasteiger partial charge in [-0.05, 0) is 13.0 Å². The Morgan fingerprint density at radius 2 is 2.16 bits per heavy atom. The zero-order chi connectivity index (χ0) is 14.9. The molecule has 0 saturated carbocycles. The average Bonchev–Trinajstić information content (AvgIpc) is 2.28. The highest BCUT2D eigenvalue weighted by molar-refractivity contribution is 5.87. The lowest BCUT2D eigenvalue weighted by Crippen LogP contribution is -2.54. The molecule has 0 bridgehead atoms. The number of rotatable bonds is 7. The van der Waals surface area contributed by atoms with Crippen molar-refractivity contribution in [2.75, 3.05) is 6.61 Å². The first-order valence-corrected chi connectivity index (χ1v) is 5.72. The number of halogens is 2. The Balaban J connectivity index is 5.18. The summed E-state index contributed by atoms with van der Waals surface area (Å²) in [6.07, 6.45) is 3.98. The number of carbonyl (C=O) groups is 2. The van der Waals surface area contributed by atoms with Gasteiger partial charge in [-0.1, -0.05) is 6.08 Å². The van der Waals surface area contributed by atoms with E-state index in [-0.39, 0.29) is 19.4 Å². The zero-order valence-electron chi connectivity index (χ0n) is 10.9. The van der Waals surface area contributed by atoms with Crippen molar-refractivity contribution in [3.05, 3.63) is 12.2 Å². The Morgan fingerprint density at radius 3 is 2.58 bits per heavy atom. The number of nitrogens with one attached hydrogen (secondary N) is 1. The second kappa shape index (κ2) is 8.25. The van der Waals surface area contributed by atoms with Crippen LogP contribution in [0.15, 0.2) is 12.2 Å². The summed E-state index contributed by atoms with van der Waals surface area (Å²) in [7, 11) is 0. The van der Waals surface area contributed by atoms with Crippen LogP contribution in [0.1, 0.15) is 26.7 Å². The number of allylic oxidation sites excluding steroid dienone is 1. The van der Waals surface area contributed by atoms with Crippen LogP contribution in [0.5, 0.6) is 0 Å². The maximum atomic E-state index is 12.1. The van der Waals surface area contributed by atoms with E-state index in [0.29, 0.717) is 6.08 Å². The van der Waals surface area contributed by atoms with Gasteiger partial charge in [0, 0.05) is 19.8 Å². The minimum atomic E-state index is -2.64. The predicted molar refractivity (Wildman–Crippen MR) is 66.4 cm³/mol. The van der Waals surface area contributed by atoms with Crippen LogP contribution in [-0.4, -0.2) is 30.4 Å². The van der Waals surface area contributed by atoms with Gasteiger partial charge < -0.3 is 10.1 Å². The molecule has 106 valence electrons. The highest BCUT2D eigenvalue weighted by atomic mass is 19.3. The van der Waals surface area contributed by atoms with E-state index in [2.05, 4.69) is 11.2 Å². The highest BCUT2D eigenvalue weighted by Crippen LogP contribution is 2.19. The van der Waals surface area contributed by atoms with Crippen molar-refractivity contribution in [1.82, 2.24) is 5.32 Å². The quantitative estimate of drug-likeness (QED) is 0.436. The van der Waals surface area contributed by atoms with Crippen LogP contribution >= 0.6 is 0 Å². The molecule has 0 aliphatic carbocycles. The fourth-order valence-electron chi connectivity index (χ4n) is 1.53. The first kappa shape index (κ1) is 17.1. The normalized spacial score (nSPS) is 13.9. The van der Waals surface area contributed by atoms with Gasteiger partial charge in [-0.25, -0.2) is 13.6 Å². The topological polar surface area (TPSA) is 55.4 Å². The zero-order valence-corrected chi connectivity index (χ0v) is 10.9. The molecule has 0 fully saturated rings. The molecule has 19 heavy (non-hydrogen) atoms. The molecule has 0 saturated heterocycles. The molecule has 0 aromatic heterocycles. The fourth-order valence-corrected chi connectivity index (χ4v) is 1.53. The summed E-state index contributed by atoms with van der Waals surface area (Å²) in [6, 6.07) is 0. The van der Waals surface area contributed by atoms with E-state index in [9.17, 15) is 18.4 Å². The first-order chi connectivity index (χ1) is 8.88. The largest absolute Gasteiger partial charge is 0.464 e. The SMILES string of the molecule is C#CCC(C/C=C/C(F)F)(NC(C)=O)C(=O)OCC. The molecule has 0 spiro atoms. The molecule has 6 heteroatoms. The molecule has 1 unspecified atom stereocenters. The van der Waals surface area contributed by atoms with Gasteiger partial charge in [0.05, 0.1) is 6.61 Å². The summed E-state index contributed by atoms with van der Waals surface area (Å²) >= 11 is 0. The standard InChI is InChI=1S/C13H17F2NO3/c1-4-8-13(16-10(3)17,12(18)19-5-2)9-6-7-11(14)15/h1,6-7,11H,5,8-9H2,2-3H3,(H,16,17)/b7-6+. The van der Waals surface area contributed by atoms with E-state index in [1.165, 1.54) is 6.92 Å². The number of esters is 1. The first-order valence-electron chi connectivity index (χ1n) is 5.72. The van der Waals surface area contributed by atoms with Crippen LogP contribution in [0, 0.1) is 12.3 Å². The van der Waals surface area contributed by atoms with Crippen LogP contribution in [0.2, 0.25) is 0 Å². The molecule has 1 N–H and O–H groups in total. The minimum Gasteiger partial charge on any atom is -0.464 e. The number of alkyl halides is 2. The third kappa shape index (κ3) is 6.00. The van der Waals surface area contributed by atoms with Crippen molar-refractivity contribution in [1.29, 1.82) is 0 Å². The lowest BCUT2D eigenvalue weighted by atomic mass is 9.91. The van der Waals surface area contributed by atoms with E-state index < -0.39 is 23.8 Å². The van der Waals surface area contributed by atoms with Crippen LogP contribution in [0.3, 0.4) is 0 Å². The summed E-state index contributed by atoms with van der Waals surface area (Å²) in [5.74, 6) is 1.03. The van der Waals surface area contributed by atoms with E-state index >= 15 is 0 Å². The van der Waals surface area contributed by atoms with Gasteiger partial charge in [0.2, 0.25) is 5.91 Å². The lowest BCUT2D eigenvalue weighted by Gasteiger charge is -2.29. The molecule has 0 aliphatic heterocycles. The molecule has 0 aromatic carbocycles. The monoisotopic (exact) mass is 273 g/mol. The molecule has 1 amide bonds. The smallest absolute Gasteiger partial charge is 0.333 e. The number of hydrogen-bond donors (Lipinski definition) is 1. The van der Waals surface area contributed by atoms with Gasteiger partial charge in [-0.15, -0.1) is 12.3 Å². The number of ether oxygens (including phenoxy) is 1. The Kier molecular flexibility index (Phi) is 7.42. The molecule has 0 radical (unpaired) electrons. The van der Waals surface area contributed by atoms with Crippen LogP contribution in [-0.2, 0) is 14.3 Å². The summed E-state index contributed by atoms with van der Waals surface area (Å²) in [4.78, 5) is 23.1. The Bertz CT molecular complexity index is 388. The van der Waals surface area contributed by atoms with Crippen LogP contribution in [0.25, 0.3) is 0 Å². The highest BCUT2D eigenvalue weighted by Gasteiger charge is 2.39. The summed E-state index contributed by atoms with van der Waals surface area (Å²) < 4.78 is 29.0. The maximum absolute atomic E-state index is 12.1. The van der Waals surface area contributed by atoms with E-state index in [1.54, 1.807) is 6.92 Å². The molecular formula is C13H17F2NO3. The number of amides is 1. The molecule has 0 aliphatic rings. The van der Waals surface area contributed by atoms with Crippen molar-refractivity contribution in [2.24, 2.45) is 0 Å². The van der Waals surface area contributed by atoms with Gasteiger partial charge in [0.25, 0.3) is 6.43 Å². The third-order valence-electron chi connectivity index (χ3n) is 2.23. The van der Waals surface area contributed by atoms with Crippen molar-refractivity contribution in [2.45, 2.75) is 38.7 Å². The molecule has 0 aromatic rings. The number of terminal acetylenes is 1. The van der Waals surface area contributed by atoms with Crippen LogP contribution in [0.4, 0.5) is 8.78 Å². The Hall–Kier alpha value is -1.90. The second-order valence-corrected chi connectivity index (χ2v) is 3.83. The minimum absolute atomic E-state index is 0.100. The third-order valence-corrected chi connectivity index (χ3v) is 2.23. The predicted octanol–water partition coefficient (Wildman–Crippen LogP) is 1.66. The van der Waals surface area contributed by atoms with Gasteiger partial charge >= 0.3 is 5.97 Å². The van der Waals surface area contributed by atoms with Gasteiger partial charge in [-0.2, -0.15) is 0 Å². The fraction of sp³-hybridized carbons (Fsp3) is 0.538.